The van der Waals surface area contributed by atoms with Crippen LogP contribution in [0.1, 0.15) is 31.2 Å². The Morgan fingerprint density at radius 1 is 1.55 bits per heavy atom. The molecule has 6 heteroatoms. The molecule has 1 aromatic heterocycles. The van der Waals surface area contributed by atoms with E-state index in [1.54, 1.807) is 19.2 Å². The normalized spacial score (nSPS) is 19.1. The van der Waals surface area contributed by atoms with Crippen LogP contribution in [0.4, 0.5) is 11.5 Å². The summed E-state index contributed by atoms with van der Waals surface area (Å²) in [6, 6.07) is 2.04. The highest BCUT2D eigenvalue weighted by molar-refractivity contribution is 5.51. The first-order valence-corrected chi connectivity index (χ1v) is 7.15. The second-order valence-electron chi connectivity index (χ2n) is 5.32. The molecule has 0 spiro atoms. The van der Waals surface area contributed by atoms with Gasteiger partial charge in [-0.25, -0.2) is 4.98 Å². The van der Waals surface area contributed by atoms with E-state index in [2.05, 4.69) is 15.2 Å². The smallest absolute Gasteiger partial charge is 0.277 e. The van der Waals surface area contributed by atoms with Gasteiger partial charge in [0, 0.05) is 24.3 Å². The third-order valence-corrected chi connectivity index (χ3v) is 3.91. The quantitative estimate of drug-likeness (QED) is 0.661. The lowest BCUT2D eigenvalue weighted by Crippen LogP contribution is -2.41. The zero-order valence-corrected chi connectivity index (χ0v) is 12.1. The molecule has 1 aromatic rings. The van der Waals surface area contributed by atoms with Crippen molar-refractivity contribution in [1.29, 1.82) is 0 Å². The number of nitrogens with one attached hydrogen (secondary N) is 1. The summed E-state index contributed by atoms with van der Waals surface area (Å²) in [6.07, 6.45) is 6.13. The molecule has 0 bridgehead atoms. The molecular formula is C14H22N4O2. The Labute approximate surface area is 119 Å². The Morgan fingerprint density at radius 2 is 2.35 bits per heavy atom. The van der Waals surface area contributed by atoms with Gasteiger partial charge in [0.25, 0.3) is 5.69 Å². The van der Waals surface area contributed by atoms with Crippen LogP contribution in [0.2, 0.25) is 0 Å². The number of aromatic nitrogens is 1. The van der Waals surface area contributed by atoms with Gasteiger partial charge in [-0.2, -0.15) is 0 Å². The summed E-state index contributed by atoms with van der Waals surface area (Å²) in [5.74, 6) is 0.739. The highest BCUT2D eigenvalue weighted by Crippen LogP contribution is 2.28. The van der Waals surface area contributed by atoms with E-state index in [1.807, 2.05) is 7.05 Å². The highest BCUT2D eigenvalue weighted by atomic mass is 16.6. The average molecular weight is 278 g/mol. The first-order valence-electron chi connectivity index (χ1n) is 7.15. The Kier molecular flexibility index (Phi) is 4.89. The van der Waals surface area contributed by atoms with E-state index in [4.69, 9.17) is 0 Å². The fourth-order valence-electron chi connectivity index (χ4n) is 2.77. The van der Waals surface area contributed by atoms with Gasteiger partial charge in [-0.3, -0.25) is 10.1 Å². The van der Waals surface area contributed by atoms with Gasteiger partial charge in [-0.1, -0.05) is 0 Å². The number of anilines is 1. The van der Waals surface area contributed by atoms with Gasteiger partial charge in [0.15, 0.2) is 0 Å². The number of nitro groups is 1. The first kappa shape index (κ1) is 14.7. The zero-order valence-electron chi connectivity index (χ0n) is 12.1. The van der Waals surface area contributed by atoms with E-state index >= 15 is 0 Å². The van der Waals surface area contributed by atoms with Crippen molar-refractivity contribution in [2.45, 2.75) is 38.6 Å². The van der Waals surface area contributed by atoms with Crippen molar-refractivity contribution in [1.82, 2.24) is 10.3 Å². The number of nitrogens with zero attached hydrogens (tertiary/aromatic N) is 3. The van der Waals surface area contributed by atoms with E-state index in [9.17, 15) is 10.1 Å². The van der Waals surface area contributed by atoms with Crippen LogP contribution in [0.15, 0.2) is 12.3 Å². The maximum Gasteiger partial charge on any atom is 0.277 e. The van der Waals surface area contributed by atoms with E-state index in [0.717, 1.165) is 38.2 Å². The largest absolute Gasteiger partial charge is 0.353 e. The van der Waals surface area contributed by atoms with E-state index in [0.29, 0.717) is 11.6 Å². The Morgan fingerprint density at radius 3 is 3.05 bits per heavy atom. The van der Waals surface area contributed by atoms with Crippen LogP contribution < -0.4 is 10.2 Å². The Bertz CT molecular complexity index is 478. The SMILES string of the molecule is CNCCC1CCCCN1c1cc([N+](=O)[O-])c(C)cn1. The van der Waals surface area contributed by atoms with E-state index in [-0.39, 0.29) is 10.6 Å². The molecule has 1 saturated heterocycles. The molecular weight excluding hydrogens is 256 g/mol. The van der Waals surface area contributed by atoms with Gasteiger partial charge in [0.2, 0.25) is 0 Å². The number of rotatable bonds is 5. The molecule has 0 aliphatic carbocycles. The van der Waals surface area contributed by atoms with Gasteiger partial charge in [-0.05, 0) is 46.2 Å². The molecule has 2 rings (SSSR count). The molecule has 0 saturated carbocycles. The maximum atomic E-state index is 11.1. The van der Waals surface area contributed by atoms with Crippen molar-refractivity contribution in [3.63, 3.8) is 0 Å². The van der Waals surface area contributed by atoms with Crippen molar-refractivity contribution >= 4 is 11.5 Å². The minimum atomic E-state index is -0.326. The third-order valence-electron chi connectivity index (χ3n) is 3.91. The standard InChI is InChI=1S/C14H22N4O2/c1-11-10-16-14(9-13(11)18(19)20)17-8-4-3-5-12(17)6-7-15-2/h9-10,12,15H,3-8H2,1-2H3. The van der Waals surface area contributed by atoms with Crippen LogP contribution in [0, 0.1) is 17.0 Å². The molecule has 1 unspecified atom stereocenters. The monoisotopic (exact) mass is 278 g/mol. The van der Waals surface area contributed by atoms with Gasteiger partial charge in [0.05, 0.1) is 11.0 Å². The number of hydrogen-bond donors (Lipinski definition) is 1. The lowest BCUT2D eigenvalue weighted by molar-refractivity contribution is -0.385. The number of aryl methyl sites for hydroxylation is 1. The molecule has 1 aliphatic heterocycles. The lowest BCUT2D eigenvalue weighted by atomic mass is 9.99. The van der Waals surface area contributed by atoms with Gasteiger partial charge < -0.3 is 10.2 Å². The van der Waals surface area contributed by atoms with Crippen LogP contribution in [-0.4, -0.2) is 36.1 Å². The predicted octanol–water partition coefficient (Wildman–Crippen LogP) is 2.27. The van der Waals surface area contributed by atoms with Gasteiger partial charge in [0.1, 0.15) is 5.82 Å². The molecule has 20 heavy (non-hydrogen) atoms. The lowest BCUT2D eigenvalue weighted by Gasteiger charge is -2.36. The molecule has 0 amide bonds. The number of hydrogen-bond acceptors (Lipinski definition) is 5. The van der Waals surface area contributed by atoms with Crippen LogP contribution in [0.5, 0.6) is 0 Å². The highest BCUT2D eigenvalue weighted by Gasteiger charge is 2.25. The average Bonchev–Trinajstić information content (AvgIpc) is 2.46. The first-order chi connectivity index (χ1) is 9.63. The molecule has 0 aromatic carbocycles. The van der Waals surface area contributed by atoms with Crippen molar-refractivity contribution in [3.05, 3.63) is 27.9 Å². The van der Waals surface area contributed by atoms with E-state index < -0.39 is 0 Å². The fraction of sp³-hybridized carbons (Fsp3) is 0.643. The Hall–Kier alpha value is -1.69. The van der Waals surface area contributed by atoms with Gasteiger partial charge >= 0.3 is 0 Å². The summed E-state index contributed by atoms with van der Waals surface area (Å²) in [4.78, 5) is 17.4. The van der Waals surface area contributed by atoms with E-state index in [1.165, 1.54) is 6.42 Å². The van der Waals surface area contributed by atoms with Crippen molar-refractivity contribution in [2.24, 2.45) is 0 Å². The summed E-state index contributed by atoms with van der Waals surface area (Å²) < 4.78 is 0. The van der Waals surface area contributed by atoms with Crippen LogP contribution in [0.3, 0.4) is 0 Å². The minimum Gasteiger partial charge on any atom is -0.353 e. The van der Waals surface area contributed by atoms with Gasteiger partial charge in [-0.15, -0.1) is 0 Å². The second kappa shape index (κ2) is 6.65. The summed E-state index contributed by atoms with van der Waals surface area (Å²) >= 11 is 0. The fourth-order valence-corrected chi connectivity index (χ4v) is 2.77. The van der Waals surface area contributed by atoms with Crippen LogP contribution >= 0.6 is 0 Å². The molecule has 0 radical (unpaired) electrons. The summed E-state index contributed by atoms with van der Waals surface area (Å²) in [7, 11) is 1.95. The molecule has 1 fully saturated rings. The predicted molar refractivity (Wildman–Crippen MR) is 79.2 cm³/mol. The minimum absolute atomic E-state index is 0.160. The Balaban J connectivity index is 2.23. The van der Waals surface area contributed by atoms with Crippen molar-refractivity contribution in [3.8, 4) is 0 Å². The summed E-state index contributed by atoms with van der Waals surface area (Å²) in [5.41, 5.74) is 0.774. The van der Waals surface area contributed by atoms with Crippen LogP contribution in [-0.2, 0) is 0 Å². The molecule has 2 heterocycles. The molecule has 6 nitrogen and oxygen atoms in total. The topological polar surface area (TPSA) is 71.3 Å². The van der Waals surface area contributed by atoms with Crippen molar-refractivity contribution in [2.75, 3.05) is 25.0 Å². The summed E-state index contributed by atoms with van der Waals surface area (Å²) in [5, 5.41) is 14.2. The van der Waals surface area contributed by atoms with Crippen LogP contribution in [0.25, 0.3) is 0 Å². The second-order valence-corrected chi connectivity index (χ2v) is 5.32. The molecule has 1 N–H and O–H groups in total. The molecule has 110 valence electrons. The third kappa shape index (κ3) is 3.25. The number of piperidine rings is 1. The van der Waals surface area contributed by atoms with Crippen molar-refractivity contribution < 1.29 is 4.92 Å². The molecule has 1 atom stereocenters. The maximum absolute atomic E-state index is 11.1. The number of pyridine rings is 1. The zero-order chi connectivity index (χ0) is 14.5. The molecule has 1 aliphatic rings. The summed E-state index contributed by atoms with van der Waals surface area (Å²) in [6.45, 7) is 3.61.